The van der Waals surface area contributed by atoms with Crippen LogP contribution in [0.25, 0.3) is 10.8 Å². The zero-order chi connectivity index (χ0) is 27.0. The minimum absolute atomic E-state index is 0.109. The van der Waals surface area contributed by atoms with E-state index in [4.69, 9.17) is 4.74 Å². The molecule has 4 aromatic carbocycles. The number of carbonyl (C=O) groups excluding carboxylic acids is 2. The Kier molecular flexibility index (Phi) is 8.94. The minimum atomic E-state index is -0.663. The molecule has 0 aromatic heterocycles. The number of rotatable bonds is 10. The van der Waals surface area contributed by atoms with Gasteiger partial charge in [-0.05, 0) is 56.7 Å². The van der Waals surface area contributed by atoms with Gasteiger partial charge >= 0.3 is 0 Å². The van der Waals surface area contributed by atoms with Gasteiger partial charge in [0.1, 0.15) is 11.8 Å². The molecule has 1 fully saturated rings. The SMILES string of the molecule is O=C(NC1CCCC1)[C@H](Cc1ccccc1)N(Cc1ccccc1)C(=O)COc1ccc2ccccc2c1Br. The number of halogens is 1. The largest absolute Gasteiger partial charge is 0.483 e. The molecule has 0 unspecified atom stereocenters. The standard InChI is InChI=1S/C33H33BrN2O3/c34-32-28-18-10-7-15-26(28)19-20-30(32)39-23-31(37)36(22-25-13-5-2-6-14-25)29(21-24-11-3-1-4-12-24)33(38)35-27-16-8-9-17-27/h1-7,10-15,18-20,27,29H,8-9,16-17,21-23H2,(H,35,38)/t29-/m0/s1. The Bertz CT molecular complexity index is 1400. The molecule has 6 heteroatoms. The lowest BCUT2D eigenvalue weighted by molar-refractivity contribution is -0.143. The number of ether oxygens (including phenoxy) is 1. The Morgan fingerprint density at radius 3 is 2.21 bits per heavy atom. The molecule has 1 aliphatic carbocycles. The maximum atomic E-state index is 13.9. The summed E-state index contributed by atoms with van der Waals surface area (Å²) >= 11 is 3.65. The molecule has 0 heterocycles. The second-order valence-corrected chi connectivity index (χ2v) is 10.9. The van der Waals surface area contributed by atoms with Gasteiger partial charge in [-0.15, -0.1) is 0 Å². The van der Waals surface area contributed by atoms with Crippen LogP contribution in [-0.2, 0) is 22.6 Å². The molecule has 1 atom stereocenters. The van der Waals surface area contributed by atoms with Crippen molar-refractivity contribution in [2.75, 3.05) is 6.61 Å². The monoisotopic (exact) mass is 584 g/mol. The fourth-order valence-corrected chi connectivity index (χ4v) is 5.86. The Labute approximate surface area is 238 Å². The Hall–Kier alpha value is -3.64. The van der Waals surface area contributed by atoms with Crippen LogP contribution in [0.5, 0.6) is 5.75 Å². The van der Waals surface area contributed by atoms with Gasteiger partial charge in [-0.25, -0.2) is 0 Å². The summed E-state index contributed by atoms with van der Waals surface area (Å²) in [4.78, 5) is 29.3. The molecule has 1 saturated carbocycles. The topological polar surface area (TPSA) is 58.6 Å². The molecular weight excluding hydrogens is 552 g/mol. The smallest absolute Gasteiger partial charge is 0.261 e. The van der Waals surface area contributed by atoms with Crippen molar-refractivity contribution >= 4 is 38.5 Å². The molecule has 1 N–H and O–H groups in total. The third kappa shape index (κ3) is 6.87. The lowest BCUT2D eigenvalue weighted by atomic mass is 10.0. The molecule has 0 saturated heterocycles. The number of carbonyl (C=O) groups is 2. The van der Waals surface area contributed by atoms with Gasteiger partial charge in [0.25, 0.3) is 5.91 Å². The van der Waals surface area contributed by atoms with E-state index in [0.29, 0.717) is 18.7 Å². The van der Waals surface area contributed by atoms with Crippen LogP contribution in [0.1, 0.15) is 36.8 Å². The molecular formula is C33H33BrN2O3. The highest BCUT2D eigenvalue weighted by molar-refractivity contribution is 9.10. The Morgan fingerprint density at radius 2 is 1.49 bits per heavy atom. The van der Waals surface area contributed by atoms with Crippen molar-refractivity contribution in [2.45, 2.75) is 50.7 Å². The number of hydrogen-bond acceptors (Lipinski definition) is 3. The summed E-state index contributed by atoms with van der Waals surface area (Å²) in [6.07, 6.45) is 4.63. The quantitative estimate of drug-likeness (QED) is 0.226. The van der Waals surface area contributed by atoms with Gasteiger partial charge in [0.2, 0.25) is 5.91 Å². The lowest BCUT2D eigenvalue weighted by Gasteiger charge is -2.32. The van der Waals surface area contributed by atoms with E-state index in [1.807, 2.05) is 97.1 Å². The fourth-order valence-electron chi connectivity index (χ4n) is 5.25. The highest BCUT2D eigenvalue weighted by Crippen LogP contribution is 2.33. The molecule has 4 aromatic rings. The molecule has 5 nitrogen and oxygen atoms in total. The Morgan fingerprint density at radius 1 is 0.846 bits per heavy atom. The van der Waals surface area contributed by atoms with Crippen molar-refractivity contribution in [3.8, 4) is 5.75 Å². The highest BCUT2D eigenvalue weighted by atomic mass is 79.9. The minimum Gasteiger partial charge on any atom is -0.483 e. The fraction of sp³-hybridized carbons (Fsp3) is 0.273. The molecule has 0 spiro atoms. The van der Waals surface area contributed by atoms with E-state index in [1.165, 1.54) is 0 Å². The molecule has 0 aliphatic heterocycles. The van der Waals surface area contributed by atoms with Crippen LogP contribution in [0.2, 0.25) is 0 Å². The van der Waals surface area contributed by atoms with E-state index in [1.54, 1.807) is 4.90 Å². The summed E-state index contributed by atoms with van der Waals surface area (Å²) in [6, 6.07) is 31.1. The normalized spacial score (nSPS) is 14.2. The third-order valence-electron chi connectivity index (χ3n) is 7.35. The summed E-state index contributed by atoms with van der Waals surface area (Å²) < 4.78 is 6.88. The third-order valence-corrected chi connectivity index (χ3v) is 8.17. The zero-order valence-corrected chi connectivity index (χ0v) is 23.5. The van der Waals surface area contributed by atoms with Crippen LogP contribution in [0.4, 0.5) is 0 Å². The summed E-state index contributed by atoms with van der Waals surface area (Å²) in [5.41, 5.74) is 1.97. The van der Waals surface area contributed by atoms with Gasteiger partial charge in [-0.3, -0.25) is 9.59 Å². The molecule has 5 rings (SSSR count). The predicted molar refractivity (Wildman–Crippen MR) is 158 cm³/mol. The number of nitrogens with zero attached hydrogens (tertiary/aromatic N) is 1. The molecule has 0 bridgehead atoms. The maximum Gasteiger partial charge on any atom is 0.261 e. The summed E-state index contributed by atoms with van der Waals surface area (Å²) in [6.45, 7) is 0.142. The number of nitrogens with one attached hydrogen (secondary N) is 1. The first-order valence-corrected chi connectivity index (χ1v) is 14.4. The van der Waals surface area contributed by atoms with E-state index in [0.717, 1.165) is 52.1 Å². The number of benzene rings is 4. The average Bonchev–Trinajstić information content (AvgIpc) is 3.48. The van der Waals surface area contributed by atoms with Crippen LogP contribution >= 0.6 is 15.9 Å². The van der Waals surface area contributed by atoms with E-state index in [2.05, 4.69) is 21.2 Å². The number of amides is 2. The van der Waals surface area contributed by atoms with E-state index >= 15 is 0 Å². The summed E-state index contributed by atoms with van der Waals surface area (Å²) in [7, 11) is 0. The summed E-state index contributed by atoms with van der Waals surface area (Å²) in [5, 5.41) is 5.34. The van der Waals surface area contributed by atoms with Crippen molar-refractivity contribution in [1.29, 1.82) is 0 Å². The summed E-state index contributed by atoms with van der Waals surface area (Å²) in [5.74, 6) is 0.250. The van der Waals surface area contributed by atoms with Crippen molar-refractivity contribution in [2.24, 2.45) is 0 Å². The van der Waals surface area contributed by atoms with Crippen molar-refractivity contribution in [3.05, 3.63) is 113 Å². The number of hydrogen-bond donors (Lipinski definition) is 1. The highest BCUT2D eigenvalue weighted by Gasteiger charge is 2.32. The van der Waals surface area contributed by atoms with Crippen LogP contribution in [0, 0.1) is 0 Å². The van der Waals surface area contributed by atoms with Gasteiger partial charge in [-0.2, -0.15) is 0 Å². The first-order valence-electron chi connectivity index (χ1n) is 13.6. The first kappa shape index (κ1) is 26.9. The second-order valence-electron chi connectivity index (χ2n) is 10.1. The maximum absolute atomic E-state index is 13.9. The van der Waals surface area contributed by atoms with Gasteiger partial charge in [0.05, 0.1) is 4.47 Å². The lowest BCUT2D eigenvalue weighted by Crippen LogP contribution is -2.53. The van der Waals surface area contributed by atoms with Gasteiger partial charge in [0, 0.05) is 19.0 Å². The van der Waals surface area contributed by atoms with Gasteiger partial charge < -0.3 is 15.0 Å². The van der Waals surface area contributed by atoms with Crippen molar-refractivity contribution in [1.82, 2.24) is 10.2 Å². The second kappa shape index (κ2) is 12.9. The average molecular weight is 586 g/mol. The van der Waals surface area contributed by atoms with Gasteiger partial charge in [-0.1, -0.05) is 104 Å². The Balaban J connectivity index is 1.42. The van der Waals surface area contributed by atoms with Crippen LogP contribution in [0.3, 0.4) is 0 Å². The number of fused-ring (bicyclic) bond motifs is 1. The van der Waals surface area contributed by atoms with Crippen LogP contribution < -0.4 is 10.1 Å². The van der Waals surface area contributed by atoms with Gasteiger partial charge in [0.15, 0.2) is 6.61 Å². The van der Waals surface area contributed by atoms with Crippen LogP contribution in [0.15, 0.2) is 102 Å². The van der Waals surface area contributed by atoms with Crippen LogP contribution in [-0.4, -0.2) is 35.4 Å². The predicted octanol–water partition coefficient (Wildman–Crippen LogP) is 6.68. The van der Waals surface area contributed by atoms with E-state index < -0.39 is 6.04 Å². The molecule has 1 aliphatic rings. The molecule has 200 valence electrons. The molecule has 0 radical (unpaired) electrons. The van der Waals surface area contributed by atoms with Crippen molar-refractivity contribution in [3.63, 3.8) is 0 Å². The molecule has 39 heavy (non-hydrogen) atoms. The first-order chi connectivity index (χ1) is 19.1. The molecule has 2 amide bonds. The van der Waals surface area contributed by atoms with E-state index in [9.17, 15) is 9.59 Å². The van der Waals surface area contributed by atoms with E-state index in [-0.39, 0.29) is 24.5 Å². The zero-order valence-electron chi connectivity index (χ0n) is 21.9. The van der Waals surface area contributed by atoms with Crippen molar-refractivity contribution < 1.29 is 14.3 Å².